The number of benzene rings is 1. The second kappa shape index (κ2) is 5.77. The van der Waals surface area contributed by atoms with E-state index in [0.29, 0.717) is 0 Å². The Balaban J connectivity index is 3.02. The van der Waals surface area contributed by atoms with Gasteiger partial charge in [0, 0.05) is 25.7 Å². The fraction of sp³-hybridized carbons (Fsp3) is 0.417. The molecule has 100 valence electrons. The van der Waals surface area contributed by atoms with Gasteiger partial charge in [-0.05, 0) is 13.0 Å². The third-order valence-corrected chi connectivity index (χ3v) is 2.46. The average Bonchev–Trinajstić information content (AvgIpc) is 2.29. The van der Waals surface area contributed by atoms with Crippen LogP contribution in [0.2, 0.25) is 0 Å². The lowest BCUT2D eigenvalue weighted by atomic mass is 9.99. The normalized spacial score (nSPS) is 12.4. The van der Waals surface area contributed by atoms with Crippen molar-refractivity contribution in [2.24, 2.45) is 0 Å². The van der Waals surface area contributed by atoms with Crippen LogP contribution in [0.15, 0.2) is 12.1 Å². The molecule has 0 fully saturated rings. The molecule has 1 unspecified atom stereocenters. The Hall–Kier alpha value is -1.69. The number of amides is 1. The quantitative estimate of drug-likeness (QED) is 0.835. The summed E-state index contributed by atoms with van der Waals surface area (Å²) in [5.41, 5.74) is 2.48. The van der Waals surface area contributed by atoms with E-state index in [2.05, 4.69) is 10.2 Å². The van der Waals surface area contributed by atoms with Gasteiger partial charge in [-0.2, -0.15) is 0 Å². The third kappa shape index (κ3) is 3.16. The molecule has 0 spiro atoms. The molecular weight excluding hydrogens is 242 g/mol. The van der Waals surface area contributed by atoms with Crippen molar-refractivity contribution in [3.05, 3.63) is 29.3 Å². The summed E-state index contributed by atoms with van der Waals surface area (Å²) in [4.78, 5) is 11.7. The summed E-state index contributed by atoms with van der Waals surface area (Å²) in [6.07, 6.45) is 0. The average molecular weight is 258 g/mol. The fourth-order valence-corrected chi connectivity index (χ4v) is 1.49. The van der Waals surface area contributed by atoms with E-state index >= 15 is 0 Å². The Bertz CT molecular complexity index is 450. The molecular formula is C12H16F2N2O2. The van der Waals surface area contributed by atoms with Gasteiger partial charge in [-0.15, -0.1) is 0 Å². The number of nitrogens with one attached hydrogen (secondary N) is 1. The lowest BCUT2D eigenvalue weighted by Crippen LogP contribution is -2.38. The summed E-state index contributed by atoms with van der Waals surface area (Å²) >= 11 is 0. The molecule has 0 aliphatic heterocycles. The highest BCUT2D eigenvalue weighted by Gasteiger charge is 2.21. The van der Waals surface area contributed by atoms with Gasteiger partial charge < -0.3 is 4.74 Å². The van der Waals surface area contributed by atoms with Gasteiger partial charge in [0.1, 0.15) is 5.82 Å². The summed E-state index contributed by atoms with van der Waals surface area (Å²) in [6.45, 7) is 1.50. The zero-order chi connectivity index (χ0) is 13.9. The van der Waals surface area contributed by atoms with E-state index in [-0.39, 0.29) is 11.3 Å². The van der Waals surface area contributed by atoms with Crippen LogP contribution in [0.1, 0.15) is 18.4 Å². The predicted molar refractivity (Wildman–Crippen MR) is 63.2 cm³/mol. The van der Waals surface area contributed by atoms with Crippen molar-refractivity contribution in [2.75, 3.05) is 21.2 Å². The zero-order valence-electron chi connectivity index (χ0n) is 10.8. The first-order valence-electron chi connectivity index (χ1n) is 5.37. The molecule has 0 aliphatic rings. The number of halogens is 2. The van der Waals surface area contributed by atoms with E-state index in [1.165, 1.54) is 19.0 Å². The minimum absolute atomic E-state index is 0.00681. The van der Waals surface area contributed by atoms with E-state index in [0.717, 1.165) is 12.1 Å². The molecule has 0 aromatic heterocycles. The molecule has 0 heterocycles. The van der Waals surface area contributed by atoms with Gasteiger partial charge in [0.05, 0.1) is 13.0 Å². The summed E-state index contributed by atoms with van der Waals surface area (Å²) < 4.78 is 31.9. The van der Waals surface area contributed by atoms with E-state index < -0.39 is 23.5 Å². The first kappa shape index (κ1) is 14.4. The van der Waals surface area contributed by atoms with Crippen LogP contribution >= 0.6 is 0 Å². The number of carbonyl (C=O) groups excluding carboxylic acids is 1. The molecule has 0 aliphatic carbocycles. The summed E-state index contributed by atoms with van der Waals surface area (Å²) in [5.74, 6) is -2.76. The highest BCUT2D eigenvalue weighted by atomic mass is 19.1. The van der Waals surface area contributed by atoms with Crippen LogP contribution in [-0.2, 0) is 4.79 Å². The van der Waals surface area contributed by atoms with Crippen molar-refractivity contribution in [1.29, 1.82) is 0 Å². The number of hydrogen-bond acceptors (Lipinski definition) is 3. The van der Waals surface area contributed by atoms with E-state index in [9.17, 15) is 13.6 Å². The Morgan fingerprint density at radius 2 is 1.94 bits per heavy atom. The second-order valence-electron chi connectivity index (χ2n) is 4.10. The van der Waals surface area contributed by atoms with Crippen LogP contribution in [0.4, 0.5) is 8.78 Å². The van der Waals surface area contributed by atoms with Gasteiger partial charge >= 0.3 is 0 Å². The lowest BCUT2D eigenvalue weighted by molar-refractivity contribution is -0.126. The number of hydrazine groups is 1. The van der Waals surface area contributed by atoms with Crippen molar-refractivity contribution >= 4 is 5.91 Å². The summed E-state index contributed by atoms with van der Waals surface area (Å²) in [6, 6.07) is 1.91. The fourth-order valence-electron chi connectivity index (χ4n) is 1.49. The Morgan fingerprint density at radius 3 is 2.44 bits per heavy atom. The monoisotopic (exact) mass is 258 g/mol. The van der Waals surface area contributed by atoms with Gasteiger partial charge in [-0.25, -0.2) is 13.8 Å². The third-order valence-electron chi connectivity index (χ3n) is 2.46. The summed E-state index contributed by atoms with van der Waals surface area (Å²) in [7, 11) is 4.52. The summed E-state index contributed by atoms with van der Waals surface area (Å²) in [5, 5.41) is 1.44. The molecule has 1 N–H and O–H groups in total. The number of methoxy groups -OCH3 is 1. The van der Waals surface area contributed by atoms with Gasteiger partial charge in [-0.1, -0.05) is 0 Å². The van der Waals surface area contributed by atoms with Gasteiger partial charge in [0.25, 0.3) is 0 Å². The lowest BCUT2D eigenvalue weighted by Gasteiger charge is -2.17. The number of hydrogen-bond donors (Lipinski definition) is 1. The minimum Gasteiger partial charge on any atom is -0.494 e. The smallest absolute Gasteiger partial charge is 0.241 e. The molecule has 0 bridgehead atoms. The van der Waals surface area contributed by atoms with Crippen molar-refractivity contribution in [3.63, 3.8) is 0 Å². The maximum atomic E-state index is 13.7. The Morgan fingerprint density at radius 1 is 1.33 bits per heavy atom. The van der Waals surface area contributed by atoms with Crippen LogP contribution < -0.4 is 10.2 Å². The van der Waals surface area contributed by atoms with Crippen molar-refractivity contribution in [2.45, 2.75) is 12.8 Å². The largest absolute Gasteiger partial charge is 0.494 e. The Labute approximate surface area is 105 Å². The topological polar surface area (TPSA) is 41.6 Å². The van der Waals surface area contributed by atoms with Crippen LogP contribution in [0.3, 0.4) is 0 Å². The van der Waals surface area contributed by atoms with E-state index in [4.69, 9.17) is 0 Å². The van der Waals surface area contributed by atoms with Gasteiger partial charge in [-0.3, -0.25) is 10.2 Å². The number of ether oxygens (including phenoxy) is 1. The van der Waals surface area contributed by atoms with E-state index in [1.54, 1.807) is 14.1 Å². The maximum Gasteiger partial charge on any atom is 0.241 e. The maximum absolute atomic E-state index is 13.7. The molecule has 1 amide bonds. The number of nitrogens with zero attached hydrogens (tertiary/aromatic N) is 1. The highest BCUT2D eigenvalue weighted by molar-refractivity contribution is 5.82. The molecule has 1 atom stereocenters. The van der Waals surface area contributed by atoms with Gasteiger partial charge in [0.15, 0.2) is 11.6 Å². The number of rotatable bonds is 4. The standard InChI is InChI=1S/C12H16F2N2O2/c1-7(12(17)15-16(2)3)8-5-10(14)11(18-4)6-9(8)13/h5-7H,1-4H3,(H,15,17). The first-order valence-corrected chi connectivity index (χ1v) is 5.37. The van der Waals surface area contributed by atoms with Crippen molar-refractivity contribution < 1.29 is 18.3 Å². The molecule has 1 aromatic carbocycles. The highest BCUT2D eigenvalue weighted by Crippen LogP contribution is 2.26. The van der Waals surface area contributed by atoms with Crippen LogP contribution in [0.25, 0.3) is 0 Å². The molecule has 1 rings (SSSR count). The molecule has 0 saturated carbocycles. The first-order chi connectivity index (χ1) is 8.36. The molecule has 4 nitrogen and oxygen atoms in total. The molecule has 0 radical (unpaired) electrons. The van der Waals surface area contributed by atoms with Crippen LogP contribution in [-0.4, -0.2) is 32.1 Å². The molecule has 6 heteroatoms. The van der Waals surface area contributed by atoms with Crippen molar-refractivity contribution in [3.8, 4) is 5.75 Å². The van der Waals surface area contributed by atoms with Crippen LogP contribution in [0, 0.1) is 11.6 Å². The minimum atomic E-state index is -0.798. The second-order valence-corrected chi connectivity index (χ2v) is 4.10. The molecule has 0 saturated heterocycles. The SMILES string of the molecule is COc1cc(F)c(C(C)C(=O)NN(C)C)cc1F. The number of carbonyl (C=O) groups is 1. The van der Waals surface area contributed by atoms with Gasteiger partial charge in [0.2, 0.25) is 5.91 Å². The molecule has 18 heavy (non-hydrogen) atoms. The zero-order valence-corrected chi connectivity index (χ0v) is 10.8. The Kier molecular flexibility index (Phi) is 4.61. The van der Waals surface area contributed by atoms with E-state index in [1.807, 2.05) is 0 Å². The van der Waals surface area contributed by atoms with Crippen molar-refractivity contribution in [1.82, 2.24) is 10.4 Å². The molecule has 1 aromatic rings. The van der Waals surface area contributed by atoms with Crippen LogP contribution in [0.5, 0.6) is 5.75 Å². The predicted octanol–water partition coefficient (Wildman–Crippen LogP) is 1.67.